The Labute approximate surface area is 88.2 Å². The van der Waals surface area contributed by atoms with E-state index >= 15 is 0 Å². The maximum atomic E-state index is 10.9. The van der Waals surface area contributed by atoms with Gasteiger partial charge >= 0.3 is 0 Å². The minimum absolute atomic E-state index is 0.00415. The third-order valence-corrected chi connectivity index (χ3v) is 2.07. The second-order valence-electron chi connectivity index (χ2n) is 3.27. The summed E-state index contributed by atoms with van der Waals surface area (Å²) in [4.78, 5) is 10.9. The smallest absolute Gasteiger partial charge is 0.235 e. The molecule has 0 fully saturated rings. The van der Waals surface area contributed by atoms with Gasteiger partial charge in [-0.1, -0.05) is 0 Å². The molecule has 0 aliphatic heterocycles. The van der Waals surface area contributed by atoms with Crippen LogP contribution in [-0.4, -0.2) is 21.6 Å². The Morgan fingerprint density at radius 1 is 1.71 bits per heavy atom. The van der Waals surface area contributed by atoms with Crippen molar-refractivity contribution in [1.29, 1.82) is 0 Å². The lowest BCUT2D eigenvalue weighted by atomic mass is 10.3. The summed E-state index contributed by atoms with van der Waals surface area (Å²) in [5.41, 5.74) is 0.985. The molecule has 0 unspecified atom stereocenters. The van der Waals surface area contributed by atoms with Crippen molar-refractivity contribution >= 4 is 17.5 Å². The third-order valence-electron chi connectivity index (χ3n) is 1.83. The summed E-state index contributed by atoms with van der Waals surface area (Å²) in [6.45, 7) is 4.56. The lowest BCUT2D eigenvalue weighted by Gasteiger charge is -2.10. The van der Waals surface area contributed by atoms with Gasteiger partial charge in [0.2, 0.25) is 5.91 Å². The molecule has 0 saturated heterocycles. The number of hydrogen-bond acceptors (Lipinski definition) is 2. The maximum Gasteiger partial charge on any atom is 0.235 e. The predicted octanol–water partition coefficient (Wildman–Crippen LogP) is 1.32. The molecule has 0 aromatic carbocycles. The fourth-order valence-corrected chi connectivity index (χ4v) is 1.28. The van der Waals surface area contributed by atoms with E-state index in [0.29, 0.717) is 12.6 Å². The molecule has 5 heteroatoms. The van der Waals surface area contributed by atoms with Gasteiger partial charge < -0.3 is 5.32 Å². The highest BCUT2D eigenvalue weighted by Gasteiger charge is 2.06. The molecule has 0 spiro atoms. The molecule has 0 bridgehead atoms. The van der Waals surface area contributed by atoms with E-state index in [2.05, 4.69) is 10.4 Å². The summed E-state index contributed by atoms with van der Waals surface area (Å²) < 4.78 is 1.87. The molecule has 0 aliphatic rings. The van der Waals surface area contributed by atoms with Crippen molar-refractivity contribution < 1.29 is 4.79 Å². The van der Waals surface area contributed by atoms with Crippen molar-refractivity contribution in [1.82, 2.24) is 15.1 Å². The first kappa shape index (κ1) is 11.0. The van der Waals surface area contributed by atoms with Gasteiger partial charge in [0.1, 0.15) is 5.88 Å². The Morgan fingerprint density at radius 3 is 3.00 bits per heavy atom. The summed E-state index contributed by atoms with van der Waals surface area (Å²) in [5.74, 6) is -0.168. The average molecular weight is 216 g/mol. The first-order valence-electron chi connectivity index (χ1n) is 4.50. The summed E-state index contributed by atoms with van der Waals surface area (Å²) in [6.07, 6.45) is 1.72. The number of amides is 1. The maximum absolute atomic E-state index is 10.9. The van der Waals surface area contributed by atoms with Crippen molar-refractivity contribution in [2.45, 2.75) is 26.4 Å². The van der Waals surface area contributed by atoms with Crippen LogP contribution in [0.25, 0.3) is 0 Å². The van der Waals surface area contributed by atoms with Crippen LogP contribution in [0.5, 0.6) is 0 Å². The van der Waals surface area contributed by atoms with Gasteiger partial charge in [-0.05, 0) is 19.9 Å². The summed E-state index contributed by atoms with van der Waals surface area (Å²) >= 11 is 5.36. The van der Waals surface area contributed by atoms with E-state index in [9.17, 15) is 4.79 Å². The largest absolute Gasteiger partial charge is 0.349 e. The van der Waals surface area contributed by atoms with Crippen molar-refractivity contribution in [2.75, 3.05) is 5.88 Å². The first-order chi connectivity index (χ1) is 6.65. The summed E-state index contributed by atoms with van der Waals surface area (Å²) in [5, 5.41) is 6.85. The second kappa shape index (κ2) is 5.00. The van der Waals surface area contributed by atoms with Gasteiger partial charge in [0.15, 0.2) is 0 Å². The molecular formula is C9H14ClN3O. The van der Waals surface area contributed by atoms with Crippen LogP contribution >= 0.6 is 11.6 Å². The van der Waals surface area contributed by atoms with E-state index in [-0.39, 0.29) is 11.8 Å². The molecular weight excluding hydrogens is 202 g/mol. The highest BCUT2D eigenvalue weighted by molar-refractivity contribution is 6.27. The number of carbonyl (C=O) groups excluding carboxylic acids is 1. The van der Waals surface area contributed by atoms with Gasteiger partial charge in [-0.3, -0.25) is 9.48 Å². The Kier molecular flexibility index (Phi) is 3.95. The molecule has 1 aromatic rings. The molecule has 0 saturated carbocycles. The second-order valence-corrected chi connectivity index (χ2v) is 3.54. The first-order valence-corrected chi connectivity index (χ1v) is 5.03. The molecule has 0 radical (unpaired) electrons. The van der Waals surface area contributed by atoms with Crippen molar-refractivity contribution in [2.24, 2.45) is 0 Å². The van der Waals surface area contributed by atoms with Gasteiger partial charge in [0.25, 0.3) is 0 Å². The Hall–Kier alpha value is -1.03. The fourth-order valence-electron chi connectivity index (χ4n) is 1.18. The topological polar surface area (TPSA) is 46.9 Å². The summed E-state index contributed by atoms with van der Waals surface area (Å²) in [7, 11) is 0. The van der Waals surface area contributed by atoms with E-state index in [4.69, 9.17) is 11.6 Å². The zero-order valence-electron chi connectivity index (χ0n) is 8.33. The van der Waals surface area contributed by atoms with Gasteiger partial charge in [-0.25, -0.2) is 0 Å². The Balaban J connectivity index is 2.58. The average Bonchev–Trinajstić information content (AvgIpc) is 2.62. The number of nitrogens with zero attached hydrogens (tertiary/aromatic N) is 2. The van der Waals surface area contributed by atoms with Gasteiger partial charge in [0, 0.05) is 12.2 Å². The van der Waals surface area contributed by atoms with Crippen molar-refractivity contribution in [3.63, 3.8) is 0 Å². The van der Waals surface area contributed by atoms with Crippen LogP contribution in [0.1, 0.15) is 25.6 Å². The number of carbonyl (C=O) groups is 1. The van der Waals surface area contributed by atoms with E-state index in [0.717, 1.165) is 5.69 Å². The van der Waals surface area contributed by atoms with Crippen molar-refractivity contribution in [3.8, 4) is 0 Å². The number of rotatable bonds is 4. The monoisotopic (exact) mass is 215 g/mol. The Morgan fingerprint density at radius 2 is 2.43 bits per heavy atom. The minimum atomic E-state index is -0.164. The van der Waals surface area contributed by atoms with Crippen LogP contribution in [0, 0.1) is 0 Å². The highest BCUT2D eigenvalue weighted by Crippen LogP contribution is 2.07. The van der Waals surface area contributed by atoms with Crippen LogP contribution < -0.4 is 5.32 Å². The normalized spacial score (nSPS) is 10.6. The lowest BCUT2D eigenvalue weighted by Crippen LogP contribution is -2.25. The van der Waals surface area contributed by atoms with Crippen LogP contribution in [0.15, 0.2) is 12.3 Å². The predicted molar refractivity (Wildman–Crippen MR) is 55.2 cm³/mol. The highest BCUT2D eigenvalue weighted by atomic mass is 35.5. The number of alkyl halides is 1. The van der Waals surface area contributed by atoms with Gasteiger partial charge in [0.05, 0.1) is 12.2 Å². The number of hydrogen-bond donors (Lipinski definition) is 1. The molecule has 1 rings (SSSR count). The van der Waals surface area contributed by atoms with E-state index < -0.39 is 0 Å². The number of nitrogens with one attached hydrogen (secondary N) is 1. The van der Waals surface area contributed by atoms with E-state index in [1.807, 2.05) is 24.6 Å². The minimum Gasteiger partial charge on any atom is -0.349 e. The van der Waals surface area contributed by atoms with Gasteiger partial charge in [-0.2, -0.15) is 5.10 Å². The molecule has 1 heterocycles. The Bertz CT molecular complexity index is 309. The summed E-state index contributed by atoms with van der Waals surface area (Å²) in [6, 6.07) is 2.18. The molecule has 78 valence electrons. The lowest BCUT2D eigenvalue weighted by molar-refractivity contribution is -0.118. The quantitative estimate of drug-likeness (QED) is 0.771. The number of halogens is 1. The van der Waals surface area contributed by atoms with Crippen LogP contribution in [-0.2, 0) is 11.3 Å². The molecule has 0 aliphatic carbocycles. The number of aromatic nitrogens is 2. The van der Waals surface area contributed by atoms with Crippen LogP contribution in [0.3, 0.4) is 0 Å². The SMILES string of the molecule is CC(C)n1nccc1CNC(=O)CCl. The standard InChI is InChI=1S/C9H14ClN3O/c1-7(2)13-8(3-4-12-13)6-11-9(14)5-10/h3-4,7H,5-6H2,1-2H3,(H,11,14). The van der Waals surface area contributed by atoms with Gasteiger partial charge in [-0.15, -0.1) is 11.6 Å². The van der Waals surface area contributed by atoms with E-state index in [1.54, 1.807) is 6.20 Å². The molecule has 1 amide bonds. The van der Waals surface area contributed by atoms with Crippen molar-refractivity contribution in [3.05, 3.63) is 18.0 Å². The third kappa shape index (κ3) is 2.73. The van der Waals surface area contributed by atoms with E-state index in [1.165, 1.54) is 0 Å². The molecule has 4 nitrogen and oxygen atoms in total. The fraction of sp³-hybridized carbons (Fsp3) is 0.556. The van der Waals surface area contributed by atoms with Crippen LogP contribution in [0.4, 0.5) is 0 Å². The molecule has 14 heavy (non-hydrogen) atoms. The van der Waals surface area contributed by atoms with Crippen LogP contribution in [0.2, 0.25) is 0 Å². The molecule has 0 atom stereocenters. The molecule has 1 N–H and O–H groups in total. The zero-order chi connectivity index (χ0) is 10.6. The zero-order valence-corrected chi connectivity index (χ0v) is 9.08. The molecule has 1 aromatic heterocycles.